The van der Waals surface area contributed by atoms with Crippen LogP contribution < -0.4 is 0 Å². The summed E-state index contributed by atoms with van der Waals surface area (Å²) in [5.41, 5.74) is 0.872. The lowest BCUT2D eigenvalue weighted by Gasteiger charge is -2.26. The first kappa shape index (κ1) is 15.3. The molecular weight excluding hydrogens is 301 g/mol. The Balaban J connectivity index is 1.96. The van der Waals surface area contributed by atoms with Gasteiger partial charge in [0, 0.05) is 6.54 Å². The zero-order valence-electron chi connectivity index (χ0n) is 11.5. The van der Waals surface area contributed by atoms with Crippen molar-refractivity contribution in [3.63, 3.8) is 0 Å². The molecule has 0 aromatic carbocycles. The third-order valence-electron chi connectivity index (χ3n) is 3.82. The van der Waals surface area contributed by atoms with Crippen molar-refractivity contribution in [2.75, 3.05) is 19.6 Å². The van der Waals surface area contributed by atoms with Crippen LogP contribution >= 0.6 is 34.5 Å². The first-order valence-electron chi connectivity index (χ1n) is 6.48. The monoisotopic (exact) mass is 319 g/mol. The number of nitrogens with zero attached hydrogens (tertiary/aromatic N) is 1. The molecule has 5 heteroatoms. The van der Waals surface area contributed by atoms with Gasteiger partial charge in [0.15, 0.2) is 5.78 Å². The van der Waals surface area contributed by atoms with Crippen LogP contribution in [0.4, 0.5) is 0 Å². The predicted octanol–water partition coefficient (Wildman–Crippen LogP) is 4.61. The number of Topliss-reactive ketones (excluding diaryl/α,β-unsaturated/α-hetero) is 1. The summed E-state index contributed by atoms with van der Waals surface area (Å²) < 4.78 is 1.07. The first-order valence-corrected chi connectivity index (χ1v) is 8.05. The zero-order chi connectivity index (χ0) is 14.2. The van der Waals surface area contributed by atoms with Crippen LogP contribution in [-0.2, 0) is 0 Å². The van der Waals surface area contributed by atoms with Gasteiger partial charge in [-0.05, 0) is 30.4 Å². The smallest absolute Gasteiger partial charge is 0.179 e. The summed E-state index contributed by atoms with van der Waals surface area (Å²) in [7, 11) is 0. The molecule has 1 saturated heterocycles. The van der Waals surface area contributed by atoms with Crippen LogP contribution in [0.5, 0.6) is 0 Å². The van der Waals surface area contributed by atoms with E-state index in [1.54, 1.807) is 6.07 Å². The lowest BCUT2D eigenvalue weighted by Crippen LogP contribution is -2.30. The summed E-state index contributed by atoms with van der Waals surface area (Å²) in [6, 6.07) is 1.67. The van der Waals surface area contributed by atoms with Crippen LogP contribution in [0, 0.1) is 11.3 Å². The Kier molecular flexibility index (Phi) is 4.61. The molecular formula is C14H19Cl2NOS. The number of likely N-dealkylation sites (tertiary alicyclic amines) is 1. The van der Waals surface area contributed by atoms with E-state index in [1.807, 2.05) is 0 Å². The summed E-state index contributed by atoms with van der Waals surface area (Å²) in [6.07, 6.45) is 1.16. The Morgan fingerprint density at radius 3 is 2.63 bits per heavy atom. The second-order valence-corrected chi connectivity index (χ2v) is 8.53. The fraction of sp³-hybridized carbons (Fsp3) is 0.643. The fourth-order valence-corrected chi connectivity index (χ4v) is 4.00. The minimum absolute atomic E-state index is 0.0720. The number of rotatable bonds is 3. The van der Waals surface area contributed by atoms with E-state index in [2.05, 4.69) is 25.7 Å². The van der Waals surface area contributed by atoms with Crippen LogP contribution in [0.3, 0.4) is 0 Å². The molecule has 1 aromatic rings. The number of carbonyl (C=O) groups is 1. The molecule has 0 spiro atoms. The Hall–Kier alpha value is -0.0900. The number of carbonyl (C=O) groups excluding carboxylic acids is 1. The molecule has 0 amide bonds. The minimum atomic E-state index is 0.0720. The van der Waals surface area contributed by atoms with Gasteiger partial charge >= 0.3 is 0 Å². The summed E-state index contributed by atoms with van der Waals surface area (Å²) in [5.74, 6) is 0.726. The van der Waals surface area contributed by atoms with Crippen LogP contribution in [-0.4, -0.2) is 30.3 Å². The molecule has 0 saturated carbocycles. The van der Waals surface area contributed by atoms with E-state index in [0.717, 1.165) is 19.5 Å². The summed E-state index contributed by atoms with van der Waals surface area (Å²) in [5, 5.41) is 0. The molecule has 1 aliphatic rings. The van der Waals surface area contributed by atoms with E-state index in [9.17, 15) is 4.79 Å². The Morgan fingerprint density at radius 1 is 1.47 bits per heavy atom. The van der Waals surface area contributed by atoms with Crippen molar-refractivity contribution >= 4 is 40.3 Å². The van der Waals surface area contributed by atoms with Gasteiger partial charge in [0.2, 0.25) is 0 Å². The quantitative estimate of drug-likeness (QED) is 0.758. The van der Waals surface area contributed by atoms with Gasteiger partial charge < -0.3 is 0 Å². The molecule has 2 nitrogen and oxygen atoms in total. The van der Waals surface area contributed by atoms with Crippen molar-refractivity contribution in [3.05, 3.63) is 20.3 Å². The normalized spacial score (nSPS) is 21.0. The third-order valence-corrected chi connectivity index (χ3v) is 5.31. The summed E-state index contributed by atoms with van der Waals surface area (Å²) in [6.45, 7) is 9.21. The van der Waals surface area contributed by atoms with Crippen molar-refractivity contribution < 1.29 is 4.79 Å². The van der Waals surface area contributed by atoms with E-state index in [-0.39, 0.29) is 5.78 Å². The van der Waals surface area contributed by atoms with E-state index in [1.165, 1.54) is 11.3 Å². The van der Waals surface area contributed by atoms with Gasteiger partial charge in [0.25, 0.3) is 0 Å². The molecule has 0 N–H and O–H groups in total. The van der Waals surface area contributed by atoms with E-state index < -0.39 is 0 Å². The minimum Gasteiger partial charge on any atom is -0.295 e. The van der Waals surface area contributed by atoms with Crippen molar-refractivity contribution in [1.82, 2.24) is 4.90 Å². The van der Waals surface area contributed by atoms with Crippen LogP contribution in [0.25, 0.3) is 0 Å². The molecule has 1 fully saturated rings. The van der Waals surface area contributed by atoms with Crippen molar-refractivity contribution in [2.24, 2.45) is 11.3 Å². The standard InChI is InChI=1S/C14H19Cl2NOS/c1-14(2,3)9-4-5-17(7-9)8-11(18)10-6-12(15)19-13(10)16/h6,9H,4-5,7-8H2,1-3H3. The van der Waals surface area contributed by atoms with E-state index >= 15 is 0 Å². The Labute approximate surface area is 128 Å². The van der Waals surface area contributed by atoms with E-state index in [0.29, 0.717) is 32.1 Å². The summed E-state index contributed by atoms with van der Waals surface area (Å²) >= 11 is 13.2. The number of hydrogen-bond donors (Lipinski definition) is 0. The molecule has 0 radical (unpaired) electrons. The van der Waals surface area contributed by atoms with Crippen LogP contribution in [0.1, 0.15) is 37.6 Å². The Bertz CT molecular complexity index is 478. The van der Waals surface area contributed by atoms with Crippen LogP contribution in [0.15, 0.2) is 6.07 Å². The number of hydrogen-bond acceptors (Lipinski definition) is 3. The maximum Gasteiger partial charge on any atom is 0.179 e. The maximum absolute atomic E-state index is 12.2. The van der Waals surface area contributed by atoms with Crippen molar-refractivity contribution in [1.29, 1.82) is 0 Å². The highest BCUT2D eigenvalue weighted by molar-refractivity contribution is 7.20. The van der Waals surface area contributed by atoms with Gasteiger partial charge in [-0.15, -0.1) is 11.3 Å². The second kappa shape index (κ2) is 5.72. The molecule has 19 heavy (non-hydrogen) atoms. The van der Waals surface area contributed by atoms with Gasteiger partial charge in [0.05, 0.1) is 16.4 Å². The van der Waals surface area contributed by atoms with Crippen molar-refractivity contribution in [2.45, 2.75) is 27.2 Å². The molecule has 1 unspecified atom stereocenters. The SMILES string of the molecule is CC(C)(C)C1CCN(CC(=O)c2cc(Cl)sc2Cl)C1. The predicted molar refractivity (Wildman–Crippen MR) is 82.7 cm³/mol. The van der Waals surface area contributed by atoms with Gasteiger partial charge in [-0.1, -0.05) is 44.0 Å². The molecule has 0 aliphatic carbocycles. The molecule has 1 aliphatic heterocycles. The topological polar surface area (TPSA) is 20.3 Å². The maximum atomic E-state index is 12.2. The first-order chi connectivity index (χ1) is 8.77. The average molecular weight is 320 g/mol. The highest BCUT2D eigenvalue weighted by Gasteiger charge is 2.32. The summed E-state index contributed by atoms with van der Waals surface area (Å²) in [4.78, 5) is 14.4. The molecule has 106 valence electrons. The number of thiophene rings is 1. The van der Waals surface area contributed by atoms with E-state index in [4.69, 9.17) is 23.2 Å². The fourth-order valence-electron chi connectivity index (χ4n) is 2.50. The number of halogens is 2. The lowest BCUT2D eigenvalue weighted by molar-refractivity contribution is 0.0938. The molecule has 1 atom stereocenters. The molecule has 2 heterocycles. The van der Waals surface area contributed by atoms with Gasteiger partial charge in [0.1, 0.15) is 4.34 Å². The van der Waals surface area contributed by atoms with Gasteiger partial charge in [-0.25, -0.2) is 0 Å². The Morgan fingerprint density at radius 2 is 2.16 bits per heavy atom. The van der Waals surface area contributed by atoms with Crippen molar-refractivity contribution in [3.8, 4) is 0 Å². The highest BCUT2D eigenvalue weighted by atomic mass is 35.5. The largest absolute Gasteiger partial charge is 0.295 e. The van der Waals surface area contributed by atoms with Crippen LogP contribution in [0.2, 0.25) is 8.67 Å². The highest BCUT2D eigenvalue weighted by Crippen LogP contribution is 2.34. The van der Waals surface area contributed by atoms with Gasteiger partial charge in [-0.2, -0.15) is 0 Å². The molecule has 2 rings (SSSR count). The number of ketones is 1. The average Bonchev–Trinajstić information content (AvgIpc) is 2.84. The zero-order valence-corrected chi connectivity index (χ0v) is 13.8. The lowest BCUT2D eigenvalue weighted by atomic mass is 9.80. The molecule has 0 bridgehead atoms. The van der Waals surface area contributed by atoms with Gasteiger partial charge in [-0.3, -0.25) is 9.69 Å². The third kappa shape index (κ3) is 3.72. The molecule has 1 aromatic heterocycles. The second-order valence-electron chi connectivity index (χ2n) is 6.25.